The molecule has 5 rings (SSSR count). The van der Waals surface area contributed by atoms with Crippen LogP contribution < -0.4 is 14.4 Å². The van der Waals surface area contributed by atoms with Crippen LogP contribution in [0.1, 0.15) is 22.5 Å². The van der Waals surface area contributed by atoms with E-state index in [9.17, 15) is 22.4 Å². The molecule has 1 saturated heterocycles. The molecular weight excluding hydrogens is 491 g/mol. The van der Waals surface area contributed by atoms with Crippen molar-refractivity contribution in [3.8, 4) is 17.4 Å². The van der Waals surface area contributed by atoms with Gasteiger partial charge in [-0.15, -0.1) is 0 Å². The molecule has 0 saturated carbocycles. The number of pyridine rings is 2. The van der Waals surface area contributed by atoms with Crippen LogP contribution in [0.4, 0.5) is 10.1 Å². The molecule has 1 fully saturated rings. The molecule has 10 nitrogen and oxygen atoms in total. The Bertz CT molecular complexity index is 1430. The number of carbonyl (C=O) groups is 2. The third-order valence-corrected chi connectivity index (χ3v) is 6.48. The van der Waals surface area contributed by atoms with Crippen molar-refractivity contribution in [3.63, 3.8) is 0 Å². The van der Waals surface area contributed by atoms with Crippen molar-refractivity contribution in [1.82, 2.24) is 14.9 Å². The summed E-state index contributed by atoms with van der Waals surface area (Å²) >= 11 is 0. The highest BCUT2D eigenvalue weighted by Gasteiger charge is 2.37. The van der Waals surface area contributed by atoms with Crippen molar-refractivity contribution < 1.29 is 31.9 Å². The summed E-state index contributed by atoms with van der Waals surface area (Å²) in [5, 5.41) is 0. The summed E-state index contributed by atoms with van der Waals surface area (Å²) in [5.41, 5.74) is 1.20. The van der Waals surface area contributed by atoms with Gasteiger partial charge in [0.15, 0.2) is 15.9 Å². The molecule has 12 heteroatoms. The van der Waals surface area contributed by atoms with Gasteiger partial charge in [-0.05, 0) is 36.4 Å². The number of halogens is 1. The molecule has 3 aromatic rings. The molecule has 2 aliphatic heterocycles. The van der Waals surface area contributed by atoms with Gasteiger partial charge >= 0.3 is 0 Å². The lowest BCUT2D eigenvalue weighted by atomic mass is 10.2. The van der Waals surface area contributed by atoms with Crippen LogP contribution in [0, 0.1) is 5.82 Å². The van der Waals surface area contributed by atoms with E-state index in [2.05, 4.69) is 9.97 Å². The van der Waals surface area contributed by atoms with Crippen LogP contribution in [0.5, 0.6) is 17.4 Å². The van der Waals surface area contributed by atoms with E-state index < -0.39 is 27.7 Å². The topological polar surface area (TPSA) is 119 Å². The minimum Gasteiger partial charge on any atom is -0.479 e. The maximum absolute atomic E-state index is 13.0. The first-order valence-corrected chi connectivity index (χ1v) is 13.1. The van der Waals surface area contributed by atoms with E-state index in [0.717, 1.165) is 6.26 Å². The smallest absolute Gasteiger partial charge is 0.268 e. The number of sulfone groups is 1. The molecule has 4 heterocycles. The number of rotatable bonds is 7. The number of benzene rings is 1. The highest BCUT2D eigenvalue weighted by atomic mass is 32.2. The van der Waals surface area contributed by atoms with Gasteiger partial charge in [-0.1, -0.05) is 0 Å². The molecular formula is C24H21FN4O6S. The second kappa shape index (κ2) is 9.19. The number of ether oxygens (including phenoxy) is 2. The Hall–Kier alpha value is -4.06. The van der Waals surface area contributed by atoms with Crippen LogP contribution in [0.3, 0.4) is 0 Å². The number of carbonyl (C=O) groups excluding carboxylic acids is 2. The van der Waals surface area contributed by atoms with Crippen LogP contribution in [0.15, 0.2) is 54.9 Å². The predicted molar refractivity (Wildman–Crippen MR) is 126 cm³/mol. The summed E-state index contributed by atoms with van der Waals surface area (Å²) in [6, 6.07) is 10.3. The third-order valence-electron chi connectivity index (χ3n) is 5.70. The molecule has 36 heavy (non-hydrogen) atoms. The highest BCUT2D eigenvalue weighted by Crippen LogP contribution is 2.30. The average molecular weight is 513 g/mol. The molecule has 0 bridgehead atoms. The molecule has 186 valence electrons. The van der Waals surface area contributed by atoms with Crippen molar-refractivity contribution in [1.29, 1.82) is 0 Å². The third kappa shape index (κ3) is 4.98. The minimum atomic E-state index is -3.38. The summed E-state index contributed by atoms with van der Waals surface area (Å²) in [5.74, 6) is -0.393. The highest BCUT2D eigenvalue weighted by molar-refractivity contribution is 7.90. The first-order chi connectivity index (χ1) is 17.2. The Morgan fingerprint density at radius 1 is 1.06 bits per heavy atom. The summed E-state index contributed by atoms with van der Waals surface area (Å²) in [7, 11) is -3.38. The lowest BCUT2D eigenvalue weighted by Gasteiger charge is -2.17. The molecule has 2 aliphatic rings. The normalized spacial score (nSPS) is 17.4. The van der Waals surface area contributed by atoms with Crippen LogP contribution >= 0.6 is 0 Å². The predicted octanol–water partition coefficient (Wildman–Crippen LogP) is 2.55. The first kappa shape index (κ1) is 23.7. The molecule has 0 unspecified atom stereocenters. The molecule has 0 radical (unpaired) electrons. The van der Waals surface area contributed by atoms with E-state index in [1.165, 1.54) is 46.5 Å². The minimum absolute atomic E-state index is 0.106. The molecule has 2 aromatic heterocycles. The van der Waals surface area contributed by atoms with Gasteiger partial charge in [-0.25, -0.2) is 17.8 Å². The number of anilines is 1. The lowest BCUT2D eigenvalue weighted by molar-refractivity contribution is -0.122. The van der Waals surface area contributed by atoms with Gasteiger partial charge in [0.2, 0.25) is 5.88 Å². The van der Waals surface area contributed by atoms with E-state index >= 15 is 0 Å². The summed E-state index contributed by atoms with van der Waals surface area (Å²) < 4.78 is 47.6. The Morgan fingerprint density at radius 2 is 1.81 bits per heavy atom. The molecule has 2 amide bonds. The average Bonchev–Trinajstić information content (AvgIpc) is 3.34. The van der Waals surface area contributed by atoms with E-state index in [1.54, 1.807) is 18.2 Å². The van der Waals surface area contributed by atoms with E-state index in [-0.39, 0.29) is 29.7 Å². The number of hydrogen-bond donors (Lipinski definition) is 0. The number of nitrogens with zero attached hydrogens (tertiary/aromatic N) is 4. The zero-order valence-corrected chi connectivity index (χ0v) is 19.9. The quantitative estimate of drug-likeness (QED) is 0.474. The van der Waals surface area contributed by atoms with Gasteiger partial charge in [0, 0.05) is 25.3 Å². The number of fused-ring (bicyclic) bond motifs is 1. The maximum Gasteiger partial charge on any atom is 0.268 e. The van der Waals surface area contributed by atoms with Crippen molar-refractivity contribution in [3.05, 3.63) is 71.9 Å². The largest absolute Gasteiger partial charge is 0.479 e. The van der Waals surface area contributed by atoms with Crippen molar-refractivity contribution in [2.45, 2.75) is 19.1 Å². The van der Waals surface area contributed by atoms with Crippen LogP contribution in [-0.4, -0.2) is 59.9 Å². The Morgan fingerprint density at radius 3 is 2.50 bits per heavy atom. The van der Waals surface area contributed by atoms with Crippen molar-refractivity contribution >= 4 is 27.3 Å². The van der Waals surface area contributed by atoms with E-state index in [4.69, 9.17) is 9.47 Å². The fourth-order valence-electron chi connectivity index (χ4n) is 4.06. The molecule has 0 N–H and O–H groups in total. The maximum atomic E-state index is 13.0. The van der Waals surface area contributed by atoms with Crippen LogP contribution in [-0.2, 0) is 21.2 Å². The Kier molecular flexibility index (Phi) is 6.04. The molecule has 1 aromatic carbocycles. The standard InChI is InChI=1S/C24H21FN4O6S/c1-36(32,33)14-28-13-20-19(23(28)30)10-16(11-26-20)29-9-8-21(24(29)31)34-18-6-7-22(27-12-18)35-17-4-2-15(25)3-5-17/h2-7,10-12,21H,8-9,13-14H2,1H3/t21-/m1/s1. The van der Waals surface area contributed by atoms with Crippen LogP contribution in [0.2, 0.25) is 0 Å². The van der Waals surface area contributed by atoms with Gasteiger partial charge in [-0.3, -0.25) is 14.6 Å². The van der Waals surface area contributed by atoms with Gasteiger partial charge in [-0.2, -0.15) is 0 Å². The summed E-state index contributed by atoms with van der Waals surface area (Å²) in [6.07, 6.45) is 3.66. The van der Waals surface area contributed by atoms with E-state index in [1.807, 2.05) is 0 Å². The second-order valence-corrected chi connectivity index (χ2v) is 10.6. The number of aromatic nitrogens is 2. The first-order valence-electron chi connectivity index (χ1n) is 11.0. The zero-order chi connectivity index (χ0) is 25.4. The van der Waals surface area contributed by atoms with Crippen molar-refractivity contribution in [2.75, 3.05) is 23.6 Å². The van der Waals surface area contributed by atoms with Gasteiger partial charge in [0.25, 0.3) is 11.8 Å². The number of amides is 2. The van der Waals surface area contributed by atoms with E-state index in [0.29, 0.717) is 35.8 Å². The fraction of sp³-hybridized carbons (Fsp3) is 0.250. The zero-order valence-electron chi connectivity index (χ0n) is 19.1. The summed E-state index contributed by atoms with van der Waals surface area (Å²) in [4.78, 5) is 36.8. The molecule has 1 atom stereocenters. The monoisotopic (exact) mass is 512 g/mol. The molecule has 0 aliphatic carbocycles. The molecule has 0 spiro atoms. The lowest BCUT2D eigenvalue weighted by Crippen LogP contribution is -2.32. The van der Waals surface area contributed by atoms with Gasteiger partial charge < -0.3 is 19.3 Å². The van der Waals surface area contributed by atoms with Crippen molar-refractivity contribution in [2.24, 2.45) is 0 Å². The second-order valence-electron chi connectivity index (χ2n) is 8.52. The fourth-order valence-corrected chi connectivity index (χ4v) is 4.83. The van der Waals surface area contributed by atoms with Gasteiger partial charge in [0.1, 0.15) is 23.2 Å². The Balaban J connectivity index is 1.23. The van der Waals surface area contributed by atoms with Crippen LogP contribution in [0.25, 0.3) is 0 Å². The summed E-state index contributed by atoms with van der Waals surface area (Å²) in [6.45, 7) is 0.472. The van der Waals surface area contributed by atoms with Gasteiger partial charge in [0.05, 0.1) is 35.9 Å². The SMILES string of the molecule is CS(=O)(=O)CN1Cc2ncc(N3CC[C@@H](Oc4ccc(Oc5ccc(F)cc5)nc4)C3=O)cc2C1=O. The Labute approximate surface area is 206 Å². The number of hydrogen-bond acceptors (Lipinski definition) is 8.